The molecule has 0 saturated carbocycles. The molecule has 0 atom stereocenters. The third kappa shape index (κ3) is 2.66. The van der Waals surface area contributed by atoms with Gasteiger partial charge < -0.3 is 5.32 Å². The summed E-state index contributed by atoms with van der Waals surface area (Å²) in [6, 6.07) is 7.81. The maximum atomic E-state index is 13.0. The highest BCUT2D eigenvalue weighted by atomic mass is 32.1. The molecule has 0 amide bonds. The molecule has 0 unspecified atom stereocenters. The van der Waals surface area contributed by atoms with Crippen molar-refractivity contribution in [3.05, 3.63) is 52.8 Å². The van der Waals surface area contributed by atoms with Gasteiger partial charge in [0.2, 0.25) is 0 Å². The van der Waals surface area contributed by atoms with E-state index in [1.165, 1.54) is 17.7 Å². The highest BCUT2D eigenvalue weighted by Crippen LogP contribution is 2.32. The first-order chi connectivity index (χ1) is 12.2. The third-order valence-electron chi connectivity index (χ3n) is 4.03. The van der Waals surface area contributed by atoms with Crippen molar-refractivity contribution in [2.75, 3.05) is 11.9 Å². The van der Waals surface area contributed by atoms with Gasteiger partial charge in [0.05, 0.1) is 11.1 Å². The second-order valence-corrected chi connectivity index (χ2v) is 6.86. The maximum absolute atomic E-state index is 13.0. The lowest BCUT2D eigenvalue weighted by molar-refractivity contribution is 0.964. The van der Waals surface area contributed by atoms with Gasteiger partial charge in [-0.3, -0.25) is 9.36 Å². The molecular weight excluding hydrogens is 334 g/mol. The first-order valence-electron chi connectivity index (χ1n) is 8.15. The second-order valence-electron chi connectivity index (χ2n) is 5.86. The van der Waals surface area contributed by atoms with E-state index in [0.717, 1.165) is 40.3 Å². The number of aryl methyl sites for hydroxylation is 1. The Hall–Kier alpha value is -2.80. The molecule has 0 saturated heterocycles. The Morgan fingerprint density at radius 1 is 1.16 bits per heavy atom. The topological polar surface area (TPSA) is 72.7 Å². The molecule has 1 aromatic carbocycles. The minimum Gasteiger partial charge on any atom is -0.369 e. The predicted molar refractivity (Wildman–Crippen MR) is 102 cm³/mol. The minimum absolute atomic E-state index is 0.0849. The van der Waals surface area contributed by atoms with Crippen LogP contribution in [0.15, 0.2) is 41.7 Å². The highest BCUT2D eigenvalue weighted by molar-refractivity contribution is 7.25. The zero-order chi connectivity index (χ0) is 17.4. The van der Waals surface area contributed by atoms with E-state index in [-0.39, 0.29) is 5.56 Å². The predicted octanol–water partition coefficient (Wildman–Crippen LogP) is 3.52. The molecule has 7 heteroatoms. The summed E-state index contributed by atoms with van der Waals surface area (Å²) in [5.74, 6) is 0.734. The first kappa shape index (κ1) is 15.7. The number of thiophene rings is 1. The summed E-state index contributed by atoms with van der Waals surface area (Å²) in [5.41, 5.74) is 2.53. The number of rotatable bonds is 4. The molecule has 3 heterocycles. The number of benzene rings is 1. The van der Waals surface area contributed by atoms with Crippen LogP contribution in [0.1, 0.15) is 18.9 Å². The fraction of sp³-hybridized carbons (Fsp3) is 0.222. The number of hydrogen-bond acceptors (Lipinski definition) is 6. The van der Waals surface area contributed by atoms with Crippen LogP contribution in [0.2, 0.25) is 0 Å². The molecule has 0 fully saturated rings. The molecule has 126 valence electrons. The van der Waals surface area contributed by atoms with Crippen molar-refractivity contribution in [2.45, 2.75) is 20.3 Å². The van der Waals surface area contributed by atoms with Gasteiger partial charge in [0.25, 0.3) is 5.56 Å². The lowest BCUT2D eigenvalue weighted by Crippen LogP contribution is -2.17. The van der Waals surface area contributed by atoms with E-state index in [9.17, 15) is 4.79 Å². The normalized spacial score (nSPS) is 11.3. The number of nitrogens with one attached hydrogen (secondary N) is 1. The molecule has 25 heavy (non-hydrogen) atoms. The number of aromatic nitrogens is 4. The van der Waals surface area contributed by atoms with Crippen molar-refractivity contribution in [1.29, 1.82) is 0 Å². The molecule has 4 rings (SSSR count). The molecule has 6 nitrogen and oxygen atoms in total. The van der Waals surface area contributed by atoms with Crippen LogP contribution < -0.4 is 10.9 Å². The van der Waals surface area contributed by atoms with Crippen LogP contribution in [0.5, 0.6) is 0 Å². The molecular formula is C18H17N5OS. The van der Waals surface area contributed by atoms with Gasteiger partial charge in [0, 0.05) is 6.54 Å². The lowest BCUT2D eigenvalue weighted by atomic mass is 10.2. The summed E-state index contributed by atoms with van der Waals surface area (Å²) < 4.78 is 2.17. The van der Waals surface area contributed by atoms with Gasteiger partial charge in [0.15, 0.2) is 0 Å². The number of anilines is 1. The van der Waals surface area contributed by atoms with Gasteiger partial charge in [-0.2, -0.15) is 0 Å². The summed E-state index contributed by atoms with van der Waals surface area (Å²) in [4.78, 5) is 26.9. The minimum atomic E-state index is -0.0849. The second kappa shape index (κ2) is 6.25. The van der Waals surface area contributed by atoms with Crippen molar-refractivity contribution in [3.8, 4) is 5.69 Å². The molecule has 3 aromatic heterocycles. The third-order valence-corrected chi connectivity index (χ3v) is 5.11. The summed E-state index contributed by atoms with van der Waals surface area (Å²) in [6.07, 6.45) is 4.09. The molecule has 1 N–H and O–H groups in total. The zero-order valence-corrected chi connectivity index (χ0v) is 14.8. The Balaban J connectivity index is 1.95. The molecule has 0 bridgehead atoms. The Labute approximate surface area is 148 Å². The summed E-state index contributed by atoms with van der Waals surface area (Å²) in [6.45, 7) is 4.92. The van der Waals surface area contributed by atoms with Crippen LogP contribution in [0.4, 0.5) is 5.82 Å². The van der Waals surface area contributed by atoms with Crippen LogP contribution in [0.25, 0.3) is 26.1 Å². The van der Waals surface area contributed by atoms with E-state index in [1.807, 2.05) is 31.2 Å². The van der Waals surface area contributed by atoms with E-state index in [2.05, 4.69) is 27.2 Å². The summed E-state index contributed by atoms with van der Waals surface area (Å²) in [5, 5.41) is 4.12. The lowest BCUT2D eigenvalue weighted by Gasteiger charge is -2.06. The Bertz CT molecular complexity index is 1110. The maximum Gasteiger partial charge on any atom is 0.275 e. The standard InChI is InChI=1S/C18H17N5OS/c1-3-8-19-16-13-14-15(25-17(13)21-9-20-16)18(24)23(10-22-14)12-6-4-11(2)5-7-12/h4-7,9-10H,3,8H2,1-2H3,(H,19,20,21). The van der Waals surface area contributed by atoms with Gasteiger partial charge in [-0.25, -0.2) is 15.0 Å². The largest absolute Gasteiger partial charge is 0.369 e. The van der Waals surface area contributed by atoms with Gasteiger partial charge in [-0.05, 0) is 25.5 Å². The number of fused-ring (bicyclic) bond motifs is 3. The fourth-order valence-corrected chi connectivity index (χ4v) is 3.76. The van der Waals surface area contributed by atoms with Crippen molar-refractivity contribution >= 4 is 37.6 Å². The molecule has 0 aliphatic carbocycles. The van der Waals surface area contributed by atoms with Crippen LogP contribution in [0, 0.1) is 6.92 Å². The van der Waals surface area contributed by atoms with Crippen LogP contribution in [-0.4, -0.2) is 26.1 Å². The van der Waals surface area contributed by atoms with Crippen molar-refractivity contribution in [2.24, 2.45) is 0 Å². The van der Waals surface area contributed by atoms with E-state index in [1.54, 1.807) is 10.9 Å². The average molecular weight is 351 g/mol. The van der Waals surface area contributed by atoms with Crippen LogP contribution >= 0.6 is 11.3 Å². The molecule has 0 aliphatic heterocycles. The molecule has 4 aromatic rings. The number of nitrogens with zero attached hydrogens (tertiary/aromatic N) is 4. The molecule has 0 radical (unpaired) electrons. The van der Waals surface area contributed by atoms with Crippen LogP contribution in [0.3, 0.4) is 0 Å². The van der Waals surface area contributed by atoms with Gasteiger partial charge >= 0.3 is 0 Å². The Kier molecular flexibility index (Phi) is 3.93. The van der Waals surface area contributed by atoms with E-state index in [0.29, 0.717) is 10.2 Å². The monoisotopic (exact) mass is 351 g/mol. The van der Waals surface area contributed by atoms with Gasteiger partial charge in [0.1, 0.15) is 33.5 Å². The van der Waals surface area contributed by atoms with Gasteiger partial charge in [-0.1, -0.05) is 24.6 Å². The van der Waals surface area contributed by atoms with Crippen molar-refractivity contribution in [1.82, 2.24) is 19.5 Å². The first-order valence-corrected chi connectivity index (χ1v) is 8.96. The summed E-state index contributed by atoms with van der Waals surface area (Å²) in [7, 11) is 0. The van der Waals surface area contributed by atoms with Crippen LogP contribution in [-0.2, 0) is 0 Å². The smallest absolute Gasteiger partial charge is 0.275 e. The molecule has 0 aliphatic rings. The average Bonchev–Trinajstić information content (AvgIpc) is 3.01. The zero-order valence-electron chi connectivity index (χ0n) is 14.0. The number of hydrogen-bond donors (Lipinski definition) is 1. The summed E-state index contributed by atoms with van der Waals surface area (Å²) >= 11 is 1.36. The Morgan fingerprint density at radius 2 is 1.96 bits per heavy atom. The fourth-order valence-electron chi connectivity index (χ4n) is 2.73. The van der Waals surface area contributed by atoms with Crippen molar-refractivity contribution < 1.29 is 0 Å². The quantitative estimate of drug-likeness (QED) is 0.609. The molecule has 0 spiro atoms. The van der Waals surface area contributed by atoms with E-state index >= 15 is 0 Å². The van der Waals surface area contributed by atoms with E-state index < -0.39 is 0 Å². The Morgan fingerprint density at radius 3 is 2.72 bits per heavy atom. The van der Waals surface area contributed by atoms with Crippen molar-refractivity contribution in [3.63, 3.8) is 0 Å². The highest BCUT2D eigenvalue weighted by Gasteiger charge is 2.16. The SMILES string of the molecule is CCCNc1ncnc2sc3c(=O)n(-c4ccc(C)cc4)cnc3c12. The van der Waals surface area contributed by atoms with Gasteiger partial charge in [-0.15, -0.1) is 11.3 Å². The van der Waals surface area contributed by atoms with E-state index in [4.69, 9.17) is 0 Å².